The summed E-state index contributed by atoms with van der Waals surface area (Å²) in [6.07, 6.45) is 7.07. The van der Waals surface area contributed by atoms with Gasteiger partial charge in [-0.05, 0) is 23.6 Å². The average molecular weight is 140 g/mol. The molecule has 0 nitrogen and oxygen atoms in total. The van der Waals surface area contributed by atoms with Gasteiger partial charge in [0.25, 0.3) is 0 Å². The molecule has 0 N–H and O–H groups in total. The summed E-state index contributed by atoms with van der Waals surface area (Å²) in [6, 6.07) is 8.21. The van der Waals surface area contributed by atoms with Crippen LogP contribution in [-0.2, 0) is 0 Å². The van der Waals surface area contributed by atoms with Crippen LogP contribution in [0.15, 0.2) is 36.4 Å². The highest BCUT2D eigenvalue weighted by atomic mass is 14.1. The van der Waals surface area contributed by atoms with E-state index in [1.165, 1.54) is 11.1 Å². The van der Waals surface area contributed by atoms with E-state index in [0.29, 0.717) is 0 Å². The summed E-state index contributed by atoms with van der Waals surface area (Å²) in [5, 5.41) is 0. The molecule has 0 amide bonds. The second-order valence-corrected chi connectivity index (χ2v) is 2.59. The topological polar surface area (TPSA) is 0 Å². The molecule has 0 atom stereocenters. The predicted molar refractivity (Wildman–Crippen MR) is 46.7 cm³/mol. The van der Waals surface area contributed by atoms with Crippen molar-refractivity contribution in [1.82, 2.24) is 0 Å². The Morgan fingerprint density at radius 3 is 3.00 bits per heavy atom. The second kappa shape index (κ2) is 2.26. The summed E-state index contributed by atoms with van der Waals surface area (Å²) < 4.78 is 0. The molecule has 1 aliphatic carbocycles. The van der Waals surface area contributed by atoms with E-state index in [4.69, 9.17) is 0 Å². The Morgan fingerprint density at radius 1 is 1.27 bits per heavy atom. The number of rotatable bonds is 0. The van der Waals surface area contributed by atoms with E-state index in [1.807, 2.05) is 24.6 Å². The molecule has 0 radical (unpaired) electrons. The maximum Gasteiger partial charge on any atom is 0.00986 e. The van der Waals surface area contributed by atoms with E-state index >= 15 is 0 Å². The Kier molecular flexibility index (Phi) is 1.28. The third kappa shape index (κ3) is 1.04. The van der Waals surface area contributed by atoms with E-state index in [-0.39, 0.29) is 0 Å². The lowest BCUT2D eigenvalue weighted by atomic mass is 9.95. The number of benzene rings is 1. The maximum absolute atomic E-state index is 3.82. The normalized spacial score (nSPS) is 13.3. The minimum Gasteiger partial charge on any atom is -0.113 e. The van der Waals surface area contributed by atoms with E-state index < -0.39 is 0 Å². The first-order valence-corrected chi connectivity index (χ1v) is 3.59. The van der Waals surface area contributed by atoms with Crippen LogP contribution in [0, 0.1) is 12.5 Å². The fourth-order valence-corrected chi connectivity index (χ4v) is 1.17. The number of hydrogen-bond donors (Lipinski definition) is 0. The van der Waals surface area contributed by atoms with E-state index in [1.54, 1.807) is 0 Å². The molecular formula is C11H8. The maximum atomic E-state index is 3.82. The Hall–Kier alpha value is -1.52. The van der Waals surface area contributed by atoms with Gasteiger partial charge in [-0.3, -0.25) is 0 Å². The molecule has 1 aliphatic rings. The van der Waals surface area contributed by atoms with Gasteiger partial charge in [-0.1, -0.05) is 30.8 Å². The Bertz CT molecular complexity index is 319. The molecule has 0 aromatic heterocycles. The van der Waals surface area contributed by atoms with E-state index in [9.17, 15) is 0 Å². The van der Waals surface area contributed by atoms with Crippen LogP contribution >= 0.6 is 0 Å². The molecule has 1 aromatic rings. The zero-order valence-electron chi connectivity index (χ0n) is 6.17. The molecule has 0 aliphatic heterocycles. The fraction of sp³-hybridized carbons (Fsp3) is 0. The van der Waals surface area contributed by atoms with Crippen LogP contribution in [-0.4, -0.2) is 0 Å². The van der Waals surface area contributed by atoms with E-state index in [0.717, 1.165) is 5.57 Å². The van der Waals surface area contributed by atoms with Gasteiger partial charge < -0.3 is 0 Å². The third-order valence-electron chi connectivity index (χ3n) is 1.74. The summed E-state index contributed by atoms with van der Waals surface area (Å²) >= 11 is 0. The molecular weight excluding hydrogens is 132 g/mol. The summed E-state index contributed by atoms with van der Waals surface area (Å²) in [4.78, 5) is 0. The Labute approximate surface area is 66.9 Å². The van der Waals surface area contributed by atoms with Crippen molar-refractivity contribution in [2.75, 3.05) is 0 Å². The first-order chi connectivity index (χ1) is 5.36. The van der Waals surface area contributed by atoms with E-state index in [2.05, 4.69) is 24.8 Å². The lowest BCUT2D eigenvalue weighted by molar-refractivity contribution is 1.40. The average Bonchev–Trinajstić information content (AvgIpc) is 2.04. The zero-order chi connectivity index (χ0) is 7.68. The SMILES string of the molecule is C=C1[C+]=Cc2ccccc2[CH-]1. The highest BCUT2D eigenvalue weighted by molar-refractivity contribution is 5.63. The molecule has 0 saturated heterocycles. The lowest BCUT2D eigenvalue weighted by Gasteiger charge is -2.09. The van der Waals surface area contributed by atoms with Crippen LogP contribution in [0.5, 0.6) is 0 Å². The largest absolute Gasteiger partial charge is 0.113 e. The first kappa shape index (κ1) is 6.21. The third-order valence-corrected chi connectivity index (χ3v) is 1.74. The van der Waals surface area contributed by atoms with Crippen molar-refractivity contribution in [3.05, 3.63) is 60.0 Å². The highest BCUT2D eigenvalue weighted by Gasteiger charge is 2.04. The van der Waals surface area contributed by atoms with Gasteiger partial charge in [0.15, 0.2) is 0 Å². The second-order valence-electron chi connectivity index (χ2n) is 2.59. The van der Waals surface area contributed by atoms with Crippen molar-refractivity contribution in [3.8, 4) is 0 Å². The highest BCUT2D eigenvalue weighted by Crippen LogP contribution is 2.21. The van der Waals surface area contributed by atoms with Gasteiger partial charge in [0, 0.05) is 5.57 Å². The van der Waals surface area contributed by atoms with Gasteiger partial charge in [-0.25, -0.2) is 0 Å². The molecule has 0 heteroatoms. The summed E-state index contributed by atoms with van der Waals surface area (Å²) in [5.41, 5.74) is 3.40. The van der Waals surface area contributed by atoms with Crippen LogP contribution in [0.2, 0.25) is 0 Å². The molecule has 0 heterocycles. The number of fused-ring (bicyclic) bond motifs is 1. The van der Waals surface area contributed by atoms with Crippen molar-refractivity contribution in [2.45, 2.75) is 0 Å². The standard InChI is InChI=1S/C11H8/c1-9-6-7-10-4-2-3-5-11(10)8-9/h2-5,7-8H,1H2. The molecule has 0 saturated carbocycles. The minimum atomic E-state index is 0.948. The van der Waals surface area contributed by atoms with Crippen molar-refractivity contribution in [2.24, 2.45) is 0 Å². The molecule has 2 rings (SSSR count). The Morgan fingerprint density at radius 2 is 2.09 bits per heavy atom. The smallest absolute Gasteiger partial charge is 0.00986 e. The van der Waals surface area contributed by atoms with Gasteiger partial charge >= 0.3 is 0 Å². The molecule has 52 valence electrons. The van der Waals surface area contributed by atoms with Gasteiger partial charge in [0.1, 0.15) is 0 Å². The summed E-state index contributed by atoms with van der Waals surface area (Å²) in [5.74, 6) is 0. The predicted octanol–water partition coefficient (Wildman–Crippen LogP) is 2.63. The molecule has 0 fully saturated rings. The molecule has 0 bridgehead atoms. The number of allylic oxidation sites excluding steroid dienone is 2. The van der Waals surface area contributed by atoms with Gasteiger partial charge in [0.2, 0.25) is 0 Å². The van der Waals surface area contributed by atoms with Gasteiger partial charge in [0.05, 0.1) is 0 Å². The zero-order valence-corrected chi connectivity index (χ0v) is 6.17. The van der Waals surface area contributed by atoms with Crippen molar-refractivity contribution in [3.63, 3.8) is 0 Å². The Balaban J connectivity index is 2.54. The molecule has 0 spiro atoms. The van der Waals surface area contributed by atoms with Crippen molar-refractivity contribution >= 4 is 6.08 Å². The van der Waals surface area contributed by atoms with Gasteiger partial charge in [-0.2, -0.15) is 0 Å². The van der Waals surface area contributed by atoms with Crippen molar-refractivity contribution < 1.29 is 0 Å². The minimum absolute atomic E-state index is 0.948. The van der Waals surface area contributed by atoms with Crippen molar-refractivity contribution in [1.29, 1.82) is 0 Å². The summed E-state index contributed by atoms with van der Waals surface area (Å²) in [7, 11) is 0. The van der Waals surface area contributed by atoms with Gasteiger partial charge in [-0.15, -0.1) is 6.08 Å². The summed E-state index contributed by atoms with van der Waals surface area (Å²) in [6.45, 7) is 3.82. The quantitative estimate of drug-likeness (QED) is 0.486. The molecule has 0 unspecified atom stereocenters. The van der Waals surface area contributed by atoms with Crippen LogP contribution in [0.25, 0.3) is 6.08 Å². The fourth-order valence-electron chi connectivity index (χ4n) is 1.17. The lowest BCUT2D eigenvalue weighted by Crippen LogP contribution is -1.92. The molecule has 1 aromatic carbocycles. The first-order valence-electron chi connectivity index (χ1n) is 3.59. The van der Waals surface area contributed by atoms with Crippen LogP contribution in [0.3, 0.4) is 0 Å². The van der Waals surface area contributed by atoms with Crippen LogP contribution in [0.4, 0.5) is 0 Å². The van der Waals surface area contributed by atoms with Crippen LogP contribution in [0.1, 0.15) is 11.1 Å². The molecule has 11 heavy (non-hydrogen) atoms. The van der Waals surface area contributed by atoms with Crippen LogP contribution < -0.4 is 0 Å². The number of hydrogen-bond acceptors (Lipinski definition) is 0. The monoisotopic (exact) mass is 140 g/mol.